The molecule has 1 amide bonds. The van der Waals surface area contributed by atoms with Gasteiger partial charge in [0, 0.05) is 18.0 Å². The molecule has 0 aromatic heterocycles. The highest BCUT2D eigenvalue weighted by Gasteiger charge is 2.43. The van der Waals surface area contributed by atoms with Crippen LogP contribution < -0.4 is 10.6 Å². The van der Waals surface area contributed by atoms with Gasteiger partial charge >= 0.3 is 5.97 Å². The number of rotatable bonds is 5. The van der Waals surface area contributed by atoms with E-state index in [4.69, 9.17) is 4.74 Å². The Morgan fingerprint density at radius 3 is 2.65 bits per heavy atom. The minimum Gasteiger partial charge on any atom is -0.469 e. The van der Waals surface area contributed by atoms with Crippen molar-refractivity contribution in [1.82, 2.24) is 10.6 Å². The fourth-order valence-electron chi connectivity index (χ4n) is 5.30. The molecule has 2 aliphatic carbocycles. The van der Waals surface area contributed by atoms with Crippen molar-refractivity contribution in [3.63, 3.8) is 0 Å². The molecule has 5 nitrogen and oxygen atoms in total. The minimum absolute atomic E-state index is 0.0449. The first-order valence-electron chi connectivity index (χ1n) is 10.3. The maximum atomic E-state index is 14.5. The average Bonchev–Trinajstić information content (AvgIpc) is 3.07. The fraction of sp³-hybridized carbons (Fsp3) is 0.900. The van der Waals surface area contributed by atoms with Gasteiger partial charge in [-0.3, -0.25) is 9.59 Å². The lowest BCUT2D eigenvalue weighted by Crippen LogP contribution is -2.52. The molecule has 1 saturated heterocycles. The monoisotopic (exact) mass is 368 g/mol. The highest BCUT2D eigenvalue weighted by atomic mass is 19.1. The SMILES string of the molecule is COC(=O)CC(NC(=O)C1CC2CCCC(C)C2N1)C1CCCCC1F. The normalized spacial score (nSPS) is 38.3. The Hall–Kier alpha value is -1.17. The molecule has 0 bridgehead atoms. The molecule has 0 radical (unpaired) electrons. The molecule has 0 aromatic rings. The summed E-state index contributed by atoms with van der Waals surface area (Å²) in [7, 11) is 1.33. The van der Waals surface area contributed by atoms with E-state index in [1.54, 1.807) is 0 Å². The summed E-state index contributed by atoms with van der Waals surface area (Å²) in [6.45, 7) is 2.25. The summed E-state index contributed by atoms with van der Waals surface area (Å²) < 4.78 is 19.2. The summed E-state index contributed by atoms with van der Waals surface area (Å²) in [4.78, 5) is 24.7. The summed E-state index contributed by atoms with van der Waals surface area (Å²) in [5.41, 5.74) is 0. The zero-order chi connectivity index (χ0) is 18.7. The van der Waals surface area contributed by atoms with Crippen LogP contribution in [0.25, 0.3) is 0 Å². The Kier molecular flexibility index (Phi) is 6.54. The zero-order valence-corrected chi connectivity index (χ0v) is 16.0. The zero-order valence-electron chi connectivity index (χ0n) is 16.0. The van der Waals surface area contributed by atoms with Crippen LogP contribution in [0.5, 0.6) is 0 Å². The van der Waals surface area contributed by atoms with E-state index in [1.807, 2.05) is 0 Å². The number of fused-ring (bicyclic) bond motifs is 1. The Bertz CT molecular complexity index is 515. The van der Waals surface area contributed by atoms with Gasteiger partial charge in [-0.2, -0.15) is 0 Å². The molecule has 0 aromatic carbocycles. The van der Waals surface area contributed by atoms with Crippen molar-refractivity contribution < 1.29 is 18.7 Å². The second-order valence-corrected chi connectivity index (χ2v) is 8.51. The summed E-state index contributed by atoms with van der Waals surface area (Å²) in [6, 6.07) is -0.304. The van der Waals surface area contributed by atoms with E-state index < -0.39 is 18.2 Å². The van der Waals surface area contributed by atoms with Crippen LogP contribution in [0.4, 0.5) is 4.39 Å². The van der Waals surface area contributed by atoms with Crippen molar-refractivity contribution in [2.24, 2.45) is 17.8 Å². The highest BCUT2D eigenvalue weighted by Crippen LogP contribution is 2.37. The Labute approximate surface area is 155 Å². The van der Waals surface area contributed by atoms with E-state index in [0.717, 1.165) is 19.3 Å². The Morgan fingerprint density at radius 1 is 1.19 bits per heavy atom. The van der Waals surface area contributed by atoms with Gasteiger partial charge in [-0.25, -0.2) is 4.39 Å². The summed E-state index contributed by atoms with van der Waals surface area (Å²) in [5, 5.41) is 6.51. The van der Waals surface area contributed by atoms with Crippen LogP contribution in [-0.2, 0) is 14.3 Å². The van der Waals surface area contributed by atoms with Gasteiger partial charge in [-0.1, -0.05) is 26.2 Å². The van der Waals surface area contributed by atoms with Crippen molar-refractivity contribution in [3.8, 4) is 0 Å². The van der Waals surface area contributed by atoms with Gasteiger partial charge in [0.05, 0.1) is 19.6 Å². The van der Waals surface area contributed by atoms with Gasteiger partial charge in [0.15, 0.2) is 0 Å². The third-order valence-electron chi connectivity index (χ3n) is 6.79. The molecule has 3 fully saturated rings. The number of carbonyl (C=O) groups excluding carboxylic acids is 2. The number of nitrogens with one attached hydrogen (secondary N) is 2. The van der Waals surface area contributed by atoms with Gasteiger partial charge in [-0.05, 0) is 43.9 Å². The molecule has 6 heteroatoms. The van der Waals surface area contributed by atoms with E-state index in [9.17, 15) is 14.0 Å². The van der Waals surface area contributed by atoms with Crippen molar-refractivity contribution in [1.29, 1.82) is 0 Å². The number of hydrogen-bond acceptors (Lipinski definition) is 4. The first-order valence-corrected chi connectivity index (χ1v) is 10.3. The van der Waals surface area contributed by atoms with Crippen LogP contribution in [0.15, 0.2) is 0 Å². The summed E-state index contributed by atoms with van der Waals surface area (Å²) in [5.74, 6) is 0.366. The summed E-state index contributed by atoms with van der Waals surface area (Å²) in [6.07, 6.45) is 6.59. The van der Waals surface area contributed by atoms with Crippen molar-refractivity contribution in [2.45, 2.75) is 89.0 Å². The lowest BCUT2D eigenvalue weighted by atomic mass is 9.78. The number of hydrogen-bond donors (Lipinski definition) is 2. The Balaban J connectivity index is 1.64. The minimum atomic E-state index is -0.960. The highest BCUT2D eigenvalue weighted by molar-refractivity contribution is 5.83. The third-order valence-corrected chi connectivity index (χ3v) is 6.79. The van der Waals surface area contributed by atoms with Crippen molar-refractivity contribution in [3.05, 3.63) is 0 Å². The molecule has 1 aliphatic heterocycles. The molecule has 7 atom stereocenters. The molecule has 0 spiro atoms. The molecule has 2 saturated carbocycles. The van der Waals surface area contributed by atoms with Gasteiger partial charge in [0.1, 0.15) is 6.17 Å². The number of amides is 1. The van der Waals surface area contributed by atoms with Crippen molar-refractivity contribution >= 4 is 11.9 Å². The molecule has 2 N–H and O–H groups in total. The third kappa shape index (κ3) is 4.38. The molecular formula is C20H33FN2O3. The topological polar surface area (TPSA) is 67.4 Å². The van der Waals surface area contributed by atoms with Crippen LogP contribution in [0.1, 0.15) is 64.7 Å². The smallest absolute Gasteiger partial charge is 0.307 e. The number of carbonyl (C=O) groups is 2. The molecule has 7 unspecified atom stereocenters. The van der Waals surface area contributed by atoms with Gasteiger partial charge in [0.2, 0.25) is 5.91 Å². The fourth-order valence-corrected chi connectivity index (χ4v) is 5.30. The van der Waals surface area contributed by atoms with Crippen LogP contribution in [0.2, 0.25) is 0 Å². The number of esters is 1. The van der Waals surface area contributed by atoms with E-state index in [2.05, 4.69) is 17.6 Å². The van der Waals surface area contributed by atoms with E-state index >= 15 is 0 Å². The quantitative estimate of drug-likeness (QED) is 0.732. The summed E-state index contributed by atoms with van der Waals surface area (Å²) >= 11 is 0. The average molecular weight is 368 g/mol. The van der Waals surface area contributed by atoms with E-state index in [1.165, 1.54) is 26.4 Å². The lowest BCUT2D eigenvalue weighted by Gasteiger charge is -2.33. The standard InChI is InChI=1S/C20H33FN2O3/c1-12-6-5-7-13-10-17(22-19(12)13)20(25)23-16(11-18(24)26-2)14-8-3-4-9-15(14)21/h12-17,19,22H,3-11H2,1-2H3,(H,23,25). The molecule has 26 heavy (non-hydrogen) atoms. The second-order valence-electron chi connectivity index (χ2n) is 8.51. The number of alkyl halides is 1. The molecular weight excluding hydrogens is 335 g/mol. The lowest BCUT2D eigenvalue weighted by molar-refractivity contribution is -0.142. The first kappa shape index (κ1) is 19.6. The van der Waals surface area contributed by atoms with Gasteiger partial charge < -0.3 is 15.4 Å². The van der Waals surface area contributed by atoms with Gasteiger partial charge in [0.25, 0.3) is 0 Å². The second kappa shape index (κ2) is 8.68. The number of ether oxygens (including phenoxy) is 1. The molecule has 1 heterocycles. The van der Waals surface area contributed by atoms with Crippen LogP contribution in [0.3, 0.4) is 0 Å². The Morgan fingerprint density at radius 2 is 1.96 bits per heavy atom. The van der Waals surface area contributed by atoms with Crippen molar-refractivity contribution in [2.75, 3.05) is 7.11 Å². The predicted molar refractivity (Wildman–Crippen MR) is 97.3 cm³/mol. The number of methoxy groups -OCH3 is 1. The van der Waals surface area contributed by atoms with Gasteiger partial charge in [-0.15, -0.1) is 0 Å². The van der Waals surface area contributed by atoms with Crippen LogP contribution in [-0.4, -0.2) is 43.3 Å². The largest absolute Gasteiger partial charge is 0.469 e. The van der Waals surface area contributed by atoms with Crippen LogP contribution in [0, 0.1) is 17.8 Å². The maximum absolute atomic E-state index is 14.5. The van der Waals surface area contributed by atoms with E-state index in [0.29, 0.717) is 30.7 Å². The molecule has 3 aliphatic rings. The van der Waals surface area contributed by atoms with Crippen LogP contribution >= 0.6 is 0 Å². The molecule has 148 valence electrons. The maximum Gasteiger partial charge on any atom is 0.307 e. The predicted octanol–water partition coefficient (Wildman–Crippen LogP) is 2.73. The number of halogens is 1. The first-order chi connectivity index (χ1) is 12.5. The van der Waals surface area contributed by atoms with E-state index in [-0.39, 0.29) is 24.3 Å². The molecule has 3 rings (SSSR count).